The van der Waals surface area contributed by atoms with Gasteiger partial charge < -0.3 is 10.2 Å². The maximum Gasteiger partial charge on any atom is 0.323 e. The Hall–Kier alpha value is -0.980. The molecule has 1 aliphatic heterocycles. The Morgan fingerprint density at radius 2 is 2.10 bits per heavy atom. The second-order valence-electron chi connectivity index (χ2n) is 4.37. The van der Waals surface area contributed by atoms with Crippen LogP contribution in [0, 0.1) is 0 Å². The van der Waals surface area contributed by atoms with Crippen LogP contribution in [0.1, 0.15) is 10.3 Å². The van der Waals surface area contributed by atoms with Crippen LogP contribution in [-0.4, -0.2) is 23.2 Å². The van der Waals surface area contributed by atoms with Crippen LogP contribution in [0.5, 0.6) is 0 Å². The van der Waals surface area contributed by atoms with Gasteiger partial charge in [-0.25, -0.2) is 4.79 Å². The van der Waals surface area contributed by atoms with Crippen LogP contribution >= 0.6 is 39.0 Å². The van der Waals surface area contributed by atoms with Crippen molar-refractivity contribution >= 4 is 50.7 Å². The van der Waals surface area contributed by atoms with Gasteiger partial charge in [0.05, 0.1) is 0 Å². The van der Waals surface area contributed by atoms with Crippen molar-refractivity contribution < 1.29 is 4.79 Å². The van der Waals surface area contributed by atoms with Crippen LogP contribution in [0.4, 0.5) is 10.5 Å². The van der Waals surface area contributed by atoms with Gasteiger partial charge >= 0.3 is 6.03 Å². The van der Waals surface area contributed by atoms with Gasteiger partial charge in [-0.3, -0.25) is 0 Å². The topological polar surface area (TPSA) is 32.3 Å². The largest absolute Gasteiger partial charge is 0.323 e. The molecule has 104 valence electrons. The van der Waals surface area contributed by atoms with Crippen LogP contribution in [0.25, 0.3) is 0 Å². The molecule has 6 heteroatoms. The minimum Gasteiger partial charge on any atom is -0.308 e. The number of halogens is 1. The summed E-state index contributed by atoms with van der Waals surface area (Å²) in [6.07, 6.45) is 0. The molecule has 0 radical (unpaired) electrons. The highest BCUT2D eigenvalue weighted by molar-refractivity contribution is 9.10. The first-order valence-electron chi connectivity index (χ1n) is 6.22. The summed E-state index contributed by atoms with van der Waals surface area (Å²) in [4.78, 5) is 15.5. The molecule has 1 aromatic carbocycles. The number of nitrogens with one attached hydrogen (secondary N) is 1. The number of thiophene rings is 1. The van der Waals surface area contributed by atoms with E-state index in [9.17, 15) is 4.79 Å². The molecule has 2 aromatic rings. The van der Waals surface area contributed by atoms with E-state index in [1.54, 1.807) is 11.3 Å². The predicted octanol–water partition coefficient (Wildman–Crippen LogP) is 4.79. The van der Waals surface area contributed by atoms with E-state index in [1.807, 2.05) is 47.0 Å². The third-order valence-corrected chi connectivity index (χ3v) is 5.88. The van der Waals surface area contributed by atoms with Crippen molar-refractivity contribution in [3.63, 3.8) is 0 Å². The highest BCUT2D eigenvalue weighted by Crippen LogP contribution is 2.40. The maximum absolute atomic E-state index is 12.4. The number of nitrogens with zero attached hydrogens (tertiary/aromatic N) is 1. The van der Waals surface area contributed by atoms with Gasteiger partial charge in [0.25, 0.3) is 0 Å². The van der Waals surface area contributed by atoms with E-state index < -0.39 is 0 Å². The number of benzene rings is 1. The van der Waals surface area contributed by atoms with Crippen molar-refractivity contribution in [1.29, 1.82) is 0 Å². The van der Waals surface area contributed by atoms with E-state index in [2.05, 4.69) is 32.7 Å². The number of carbonyl (C=O) groups is 1. The fourth-order valence-corrected chi connectivity index (χ4v) is 4.57. The highest BCUT2D eigenvalue weighted by atomic mass is 79.9. The number of rotatable bonds is 2. The van der Waals surface area contributed by atoms with Crippen molar-refractivity contribution in [3.8, 4) is 0 Å². The number of urea groups is 1. The number of hydrogen-bond donors (Lipinski definition) is 1. The first kappa shape index (κ1) is 14.0. The summed E-state index contributed by atoms with van der Waals surface area (Å²) < 4.78 is 1.00. The number of hydrogen-bond acceptors (Lipinski definition) is 3. The Labute approximate surface area is 134 Å². The number of amides is 2. The lowest BCUT2D eigenvalue weighted by Gasteiger charge is -2.23. The first-order chi connectivity index (χ1) is 9.74. The zero-order valence-electron chi connectivity index (χ0n) is 10.6. The fourth-order valence-electron chi connectivity index (χ4n) is 2.07. The lowest BCUT2D eigenvalue weighted by molar-refractivity contribution is 0.215. The molecule has 20 heavy (non-hydrogen) atoms. The molecule has 0 spiro atoms. The number of carbonyl (C=O) groups excluding carboxylic acids is 1. The van der Waals surface area contributed by atoms with Gasteiger partial charge in [0.15, 0.2) is 0 Å². The van der Waals surface area contributed by atoms with Gasteiger partial charge in [0, 0.05) is 27.3 Å². The van der Waals surface area contributed by atoms with E-state index >= 15 is 0 Å². The van der Waals surface area contributed by atoms with Crippen molar-refractivity contribution in [3.05, 3.63) is 51.1 Å². The highest BCUT2D eigenvalue weighted by Gasteiger charge is 2.31. The van der Waals surface area contributed by atoms with Crippen molar-refractivity contribution in [2.45, 2.75) is 5.37 Å². The van der Waals surface area contributed by atoms with Crippen molar-refractivity contribution in [2.24, 2.45) is 0 Å². The molecule has 1 aromatic heterocycles. The Balaban J connectivity index is 1.71. The molecule has 1 N–H and O–H groups in total. The van der Waals surface area contributed by atoms with Crippen LogP contribution < -0.4 is 5.32 Å². The summed E-state index contributed by atoms with van der Waals surface area (Å²) in [5.74, 6) is 0.982. The summed E-state index contributed by atoms with van der Waals surface area (Å²) in [6.45, 7) is 0.787. The molecule has 0 bridgehead atoms. The zero-order valence-corrected chi connectivity index (χ0v) is 13.8. The smallest absolute Gasteiger partial charge is 0.308 e. The van der Waals surface area contributed by atoms with Gasteiger partial charge in [-0.1, -0.05) is 22.0 Å². The molecule has 2 amide bonds. The molecular formula is C14H13BrN2OS2. The third kappa shape index (κ3) is 3.02. The average Bonchev–Trinajstić information content (AvgIpc) is 3.11. The lowest BCUT2D eigenvalue weighted by Crippen LogP contribution is -2.34. The van der Waals surface area contributed by atoms with Gasteiger partial charge in [-0.15, -0.1) is 23.1 Å². The minimum atomic E-state index is -0.0317. The molecule has 1 atom stereocenters. The summed E-state index contributed by atoms with van der Waals surface area (Å²) in [6, 6.07) is 11.7. The molecular weight excluding hydrogens is 356 g/mol. The van der Waals surface area contributed by atoms with Crippen molar-refractivity contribution in [2.75, 3.05) is 17.6 Å². The van der Waals surface area contributed by atoms with Crippen LogP contribution in [0.3, 0.4) is 0 Å². The molecule has 1 fully saturated rings. The van der Waals surface area contributed by atoms with E-state index in [-0.39, 0.29) is 11.4 Å². The molecule has 0 unspecified atom stereocenters. The number of anilines is 1. The summed E-state index contributed by atoms with van der Waals surface area (Å²) in [5, 5.41) is 5.16. The quantitative estimate of drug-likeness (QED) is 0.826. The molecule has 3 nitrogen and oxygen atoms in total. The average molecular weight is 369 g/mol. The standard InChI is InChI=1S/C14H13BrN2OS2/c15-10-3-5-11(6-4-10)16-14(18)17-7-9-20-13(17)12-2-1-8-19-12/h1-6,8,13H,7,9H2,(H,16,18)/t13-/m1/s1. The predicted molar refractivity (Wildman–Crippen MR) is 89.4 cm³/mol. The van der Waals surface area contributed by atoms with E-state index in [0.29, 0.717) is 0 Å². The van der Waals surface area contributed by atoms with Crippen LogP contribution in [-0.2, 0) is 0 Å². The Kier molecular flexibility index (Phi) is 4.33. The van der Waals surface area contributed by atoms with Crippen molar-refractivity contribution in [1.82, 2.24) is 4.90 Å². The van der Waals surface area contributed by atoms with E-state index in [0.717, 1.165) is 22.5 Å². The summed E-state index contributed by atoms with van der Waals surface area (Å²) in [7, 11) is 0. The van der Waals surface area contributed by atoms with Gasteiger partial charge in [-0.2, -0.15) is 0 Å². The number of thioether (sulfide) groups is 1. The lowest BCUT2D eigenvalue weighted by atomic mass is 10.3. The molecule has 3 rings (SSSR count). The second-order valence-corrected chi connectivity index (χ2v) is 7.45. The molecule has 1 saturated heterocycles. The Morgan fingerprint density at radius 3 is 2.80 bits per heavy atom. The fraction of sp³-hybridized carbons (Fsp3) is 0.214. The van der Waals surface area contributed by atoms with E-state index in [4.69, 9.17) is 0 Å². The monoisotopic (exact) mass is 368 g/mol. The van der Waals surface area contributed by atoms with Crippen LogP contribution in [0.15, 0.2) is 46.3 Å². The molecule has 2 heterocycles. The molecule has 0 aliphatic carbocycles. The van der Waals surface area contributed by atoms with Gasteiger partial charge in [0.1, 0.15) is 5.37 Å². The summed E-state index contributed by atoms with van der Waals surface area (Å²) in [5.41, 5.74) is 0.819. The van der Waals surface area contributed by atoms with E-state index in [1.165, 1.54) is 4.88 Å². The van der Waals surface area contributed by atoms with Crippen LogP contribution in [0.2, 0.25) is 0 Å². The van der Waals surface area contributed by atoms with Gasteiger partial charge in [-0.05, 0) is 35.7 Å². The summed E-state index contributed by atoms with van der Waals surface area (Å²) >= 11 is 6.91. The maximum atomic E-state index is 12.4. The third-order valence-electron chi connectivity index (χ3n) is 3.03. The SMILES string of the molecule is O=C(Nc1ccc(Br)cc1)N1CCS[C@@H]1c1cccs1. The minimum absolute atomic E-state index is 0.0317. The normalized spacial score (nSPS) is 18.2. The first-order valence-corrected chi connectivity index (χ1v) is 8.94. The second kappa shape index (κ2) is 6.20. The Morgan fingerprint density at radius 1 is 1.30 bits per heavy atom. The zero-order chi connectivity index (χ0) is 13.9. The Bertz CT molecular complexity index is 586. The molecule has 0 saturated carbocycles. The van der Waals surface area contributed by atoms with Gasteiger partial charge in [0.2, 0.25) is 0 Å². The molecule has 1 aliphatic rings.